The number of hydrogen-bond donors (Lipinski definition) is 3. The van der Waals surface area contributed by atoms with Gasteiger partial charge in [-0.3, -0.25) is 4.79 Å². The van der Waals surface area contributed by atoms with Crippen LogP contribution in [0.4, 0.5) is 0 Å². The standard InChI is InChI=1S/C44H83NO3/c1-3-5-7-9-11-12-13-14-15-16-17-18-19-20-21-22-23-24-25-26-27-28-29-30-31-32-33-34-35-37-39-43(47)42(41-46)45-44(48)40-38-36-10-8-6-4-2/h28-29,32-33,37,39,42-43,46-47H,3-27,30-31,34-36,38,40-41H2,1-2H3,(H,45,48)/b29-28+,33-32+,39-37+. The van der Waals surface area contributed by atoms with Crippen molar-refractivity contribution in [1.29, 1.82) is 0 Å². The predicted molar refractivity (Wildman–Crippen MR) is 212 cm³/mol. The van der Waals surface area contributed by atoms with Crippen LogP contribution in [-0.2, 0) is 4.79 Å². The summed E-state index contributed by atoms with van der Waals surface area (Å²) in [5.74, 6) is -0.0882. The molecule has 0 bridgehead atoms. The second kappa shape index (κ2) is 40.0. The lowest BCUT2D eigenvalue weighted by Crippen LogP contribution is -2.45. The highest BCUT2D eigenvalue weighted by atomic mass is 16.3. The smallest absolute Gasteiger partial charge is 0.220 e. The number of amides is 1. The minimum absolute atomic E-state index is 0.0882. The van der Waals surface area contributed by atoms with Crippen LogP contribution in [-0.4, -0.2) is 34.9 Å². The molecule has 2 atom stereocenters. The predicted octanol–water partition coefficient (Wildman–Crippen LogP) is 13.0. The molecule has 4 heteroatoms. The van der Waals surface area contributed by atoms with Crippen molar-refractivity contribution in [1.82, 2.24) is 5.32 Å². The van der Waals surface area contributed by atoms with Gasteiger partial charge in [0.05, 0.1) is 18.8 Å². The first-order valence-corrected chi connectivity index (χ1v) is 21.2. The summed E-state index contributed by atoms with van der Waals surface area (Å²) < 4.78 is 0. The van der Waals surface area contributed by atoms with Crippen molar-refractivity contribution in [3.8, 4) is 0 Å². The third kappa shape index (κ3) is 35.9. The molecule has 0 aromatic carbocycles. The molecule has 1 amide bonds. The summed E-state index contributed by atoms with van der Waals surface area (Å²) in [5.41, 5.74) is 0. The number of aliphatic hydroxyl groups excluding tert-OH is 2. The lowest BCUT2D eigenvalue weighted by atomic mass is 10.0. The molecule has 0 aliphatic carbocycles. The van der Waals surface area contributed by atoms with Gasteiger partial charge in [-0.1, -0.05) is 204 Å². The Morgan fingerprint density at radius 2 is 0.812 bits per heavy atom. The molecule has 0 spiro atoms. The quantitative estimate of drug-likeness (QED) is 0.0451. The molecule has 0 heterocycles. The summed E-state index contributed by atoms with van der Waals surface area (Å²) >= 11 is 0. The first kappa shape index (κ1) is 46.6. The molecule has 0 saturated carbocycles. The van der Waals surface area contributed by atoms with Gasteiger partial charge in [0.25, 0.3) is 0 Å². The molecule has 0 aliphatic heterocycles. The SMILES string of the molecule is CCCCCCCCCCCCCCCCCCCCCC/C=C/CC/C=C/CC/C=C/C(O)C(CO)NC(=O)CCCCCCCC. The fraction of sp³-hybridized carbons (Fsp3) is 0.841. The van der Waals surface area contributed by atoms with Crippen LogP contribution in [0.1, 0.15) is 219 Å². The average molecular weight is 674 g/mol. The van der Waals surface area contributed by atoms with E-state index >= 15 is 0 Å². The van der Waals surface area contributed by atoms with Crippen LogP contribution >= 0.6 is 0 Å². The van der Waals surface area contributed by atoms with Crippen LogP contribution in [0.15, 0.2) is 36.5 Å². The highest BCUT2D eigenvalue weighted by molar-refractivity contribution is 5.76. The number of hydrogen-bond acceptors (Lipinski definition) is 3. The van der Waals surface area contributed by atoms with E-state index < -0.39 is 12.1 Å². The van der Waals surface area contributed by atoms with E-state index in [-0.39, 0.29) is 12.5 Å². The highest BCUT2D eigenvalue weighted by Gasteiger charge is 2.17. The first-order chi connectivity index (χ1) is 23.7. The number of carbonyl (C=O) groups excluding carboxylic acids is 1. The topological polar surface area (TPSA) is 69.6 Å². The lowest BCUT2D eigenvalue weighted by molar-refractivity contribution is -0.123. The van der Waals surface area contributed by atoms with E-state index in [1.165, 1.54) is 161 Å². The normalized spacial score (nSPS) is 13.3. The van der Waals surface area contributed by atoms with Crippen LogP contribution < -0.4 is 5.32 Å². The maximum Gasteiger partial charge on any atom is 0.220 e. The molecule has 48 heavy (non-hydrogen) atoms. The Morgan fingerprint density at radius 3 is 1.21 bits per heavy atom. The molecule has 2 unspecified atom stereocenters. The molecule has 0 radical (unpaired) electrons. The number of carbonyl (C=O) groups is 1. The second-order valence-electron chi connectivity index (χ2n) is 14.4. The Labute approximate surface area is 300 Å². The summed E-state index contributed by atoms with van der Waals surface area (Å²) in [6.07, 6.45) is 53.0. The lowest BCUT2D eigenvalue weighted by Gasteiger charge is -2.19. The number of nitrogens with one attached hydrogen (secondary N) is 1. The Bertz CT molecular complexity index is 731. The zero-order valence-electron chi connectivity index (χ0n) is 32.3. The zero-order valence-corrected chi connectivity index (χ0v) is 32.3. The molecule has 3 N–H and O–H groups in total. The molecule has 4 nitrogen and oxygen atoms in total. The van der Waals surface area contributed by atoms with E-state index in [0.29, 0.717) is 6.42 Å². The molecule has 0 fully saturated rings. The summed E-state index contributed by atoms with van der Waals surface area (Å²) in [7, 11) is 0. The van der Waals surface area contributed by atoms with Crippen LogP contribution in [0, 0.1) is 0 Å². The van der Waals surface area contributed by atoms with Crippen molar-refractivity contribution in [2.24, 2.45) is 0 Å². The van der Waals surface area contributed by atoms with Crippen LogP contribution in [0.2, 0.25) is 0 Å². The van der Waals surface area contributed by atoms with Crippen molar-refractivity contribution >= 4 is 5.91 Å². The van der Waals surface area contributed by atoms with E-state index in [1.54, 1.807) is 6.08 Å². The van der Waals surface area contributed by atoms with Gasteiger partial charge in [0, 0.05) is 6.42 Å². The number of unbranched alkanes of at least 4 members (excludes halogenated alkanes) is 27. The summed E-state index contributed by atoms with van der Waals surface area (Å²) in [5, 5.41) is 22.7. The fourth-order valence-electron chi connectivity index (χ4n) is 6.33. The number of rotatable bonds is 38. The Kier molecular flexibility index (Phi) is 38.9. The van der Waals surface area contributed by atoms with E-state index in [0.717, 1.165) is 38.5 Å². The largest absolute Gasteiger partial charge is 0.394 e. The molecule has 0 aromatic heterocycles. The van der Waals surface area contributed by atoms with Crippen LogP contribution in [0.3, 0.4) is 0 Å². The van der Waals surface area contributed by atoms with Crippen molar-refractivity contribution < 1.29 is 15.0 Å². The van der Waals surface area contributed by atoms with E-state index in [2.05, 4.69) is 43.5 Å². The Hall–Kier alpha value is -1.39. The summed E-state index contributed by atoms with van der Waals surface area (Å²) in [6.45, 7) is 4.23. The maximum absolute atomic E-state index is 12.1. The highest BCUT2D eigenvalue weighted by Crippen LogP contribution is 2.15. The van der Waals surface area contributed by atoms with Gasteiger partial charge in [-0.2, -0.15) is 0 Å². The molecular weight excluding hydrogens is 590 g/mol. The molecule has 0 rings (SSSR count). The zero-order chi connectivity index (χ0) is 35.0. The Morgan fingerprint density at radius 1 is 0.479 bits per heavy atom. The van der Waals surface area contributed by atoms with Crippen molar-refractivity contribution in [2.75, 3.05) is 6.61 Å². The van der Waals surface area contributed by atoms with E-state index in [1.807, 2.05) is 6.08 Å². The van der Waals surface area contributed by atoms with Crippen molar-refractivity contribution in [3.05, 3.63) is 36.5 Å². The summed E-state index contributed by atoms with van der Waals surface area (Å²) in [4.78, 5) is 12.1. The van der Waals surface area contributed by atoms with Crippen molar-refractivity contribution in [3.63, 3.8) is 0 Å². The molecule has 282 valence electrons. The molecular formula is C44H83NO3. The van der Waals surface area contributed by atoms with Crippen molar-refractivity contribution in [2.45, 2.75) is 231 Å². The second-order valence-corrected chi connectivity index (χ2v) is 14.4. The van der Waals surface area contributed by atoms with Crippen LogP contribution in [0.25, 0.3) is 0 Å². The third-order valence-electron chi connectivity index (χ3n) is 9.60. The first-order valence-electron chi connectivity index (χ1n) is 21.2. The minimum atomic E-state index is -0.864. The van der Waals surface area contributed by atoms with E-state index in [4.69, 9.17) is 0 Å². The average Bonchev–Trinajstić information content (AvgIpc) is 3.09. The van der Waals surface area contributed by atoms with Gasteiger partial charge < -0.3 is 15.5 Å². The Balaban J connectivity index is 3.50. The molecule has 0 saturated heterocycles. The van der Waals surface area contributed by atoms with Gasteiger partial charge >= 0.3 is 0 Å². The third-order valence-corrected chi connectivity index (χ3v) is 9.60. The molecule has 0 aliphatic rings. The fourth-order valence-corrected chi connectivity index (χ4v) is 6.33. The summed E-state index contributed by atoms with van der Waals surface area (Å²) in [6, 6.07) is -0.639. The van der Waals surface area contributed by atoms with Gasteiger partial charge in [0.15, 0.2) is 0 Å². The van der Waals surface area contributed by atoms with Crippen LogP contribution in [0.5, 0.6) is 0 Å². The minimum Gasteiger partial charge on any atom is -0.394 e. The monoisotopic (exact) mass is 674 g/mol. The van der Waals surface area contributed by atoms with Gasteiger partial charge in [-0.15, -0.1) is 0 Å². The van der Waals surface area contributed by atoms with Gasteiger partial charge in [-0.05, 0) is 44.9 Å². The van der Waals surface area contributed by atoms with Gasteiger partial charge in [-0.25, -0.2) is 0 Å². The van der Waals surface area contributed by atoms with E-state index in [9.17, 15) is 15.0 Å². The number of allylic oxidation sites excluding steroid dienone is 5. The number of aliphatic hydroxyl groups is 2. The van der Waals surface area contributed by atoms with Gasteiger partial charge in [0.1, 0.15) is 0 Å². The van der Waals surface area contributed by atoms with Gasteiger partial charge in [0.2, 0.25) is 5.91 Å². The molecule has 0 aromatic rings. The maximum atomic E-state index is 12.1.